The normalized spacial score (nSPS) is 10.2. The van der Waals surface area contributed by atoms with Gasteiger partial charge in [0.05, 0.1) is 13.7 Å². The Morgan fingerprint density at radius 1 is 1.07 bits per heavy atom. The van der Waals surface area contributed by atoms with Gasteiger partial charge in [0, 0.05) is 11.1 Å². The molecule has 0 aliphatic carbocycles. The summed E-state index contributed by atoms with van der Waals surface area (Å²) >= 11 is 1.16. The first-order valence-electron chi connectivity index (χ1n) is 8.56. The second kappa shape index (κ2) is 9.01. The lowest BCUT2D eigenvalue weighted by atomic mass is 10.1. The van der Waals surface area contributed by atoms with E-state index in [1.165, 1.54) is 0 Å². The van der Waals surface area contributed by atoms with Gasteiger partial charge in [-0.05, 0) is 25.1 Å². The number of rotatable bonds is 6. The number of benzene rings is 2. The lowest BCUT2D eigenvalue weighted by molar-refractivity contribution is 0.102. The molecule has 0 saturated heterocycles. The highest BCUT2D eigenvalue weighted by molar-refractivity contribution is 7.20. The van der Waals surface area contributed by atoms with Crippen molar-refractivity contribution < 1.29 is 19.1 Å². The number of amides is 2. The molecule has 2 N–H and O–H groups in total. The minimum Gasteiger partial charge on any atom is -0.497 e. The van der Waals surface area contributed by atoms with Gasteiger partial charge in [0.2, 0.25) is 0 Å². The van der Waals surface area contributed by atoms with Gasteiger partial charge in [-0.1, -0.05) is 47.7 Å². The zero-order chi connectivity index (χ0) is 19.9. The summed E-state index contributed by atoms with van der Waals surface area (Å²) in [5.41, 5.74) is 1.83. The van der Waals surface area contributed by atoms with Crippen LogP contribution in [0.25, 0.3) is 11.3 Å². The van der Waals surface area contributed by atoms with Crippen molar-refractivity contribution in [3.8, 4) is 17.0 Å². The molecule has 3 aromatic rings. The predicted molar refractivity (Wildman–Crippen MR) is 109 cm³/mol. The summed E-state index contributed by atoms with van der Waals surface area (Å²) in [6.07, 6.45) is -0.596. The summed E-state index contributed by atoms with van der Waals surface area (Å²) in [7, 11) is 1.54. The van der Waals surface area contributed by atoms with Gasteiger partial charge >= 0.3 is 6.09 Å². The van der Waals surface area contributed by atoms with Gasteiger partial charge in [0.15, 0.2) is 5.13 Å². The van der Waals surface area contributed by atoms with Crippen molar-refractivity contribution in [2.45, 2.75) is 6.92 Å². The number of carbonyl (C=O) groups excluding carboxylic acids is 2. The van der Waals surface area contributed by atoms with E-state index in [0.717, 1.165) is 16.9 Å². The zero-order valence-electron chi connectivity index (χ0n) is 15.4. The van der Waals surface area contributed by atoms with Gasteiger partial charge in [-0.15, -0.1) is 0 Å². The lowest BCUT2D eigenvalue weighted by Crippen LogP contribution is -2.12. The third-order valence-electron chi connectivity index (χ3n) is 3.72. The maximum Gasteiger partial charge on any atom is 0.413 e. The number of methoxy groups -OCH3 is 1. The van der Waals surface area contributed by atoms with Gasteiger partial charge in [-0.2, -0.15) is 0 Å². The highest BCUT2D eigenvalue weighted by Crippen LogP contribution is 2.36. The first kappa shape index (κ1) is 19.4. The highest BCUT2D eigenvalue weighted by atomic mass is 32.1. The number of aromatic nitrogens is 1. The van der Waals surface area contributed by atoms with Gasteiger partial charge in [-0.25, -0.2) is 9.78 Å². The second-order valence-corrected chi connectivity index (χ2v) is 6.59. The van der Waals surface area contributed by atoms with Crippen LogP contribution in [0.1, 0.15) is 17.3 Å². The highest BCUT2D eigenvalue weighted by Gasteiger charge is 2.18. The quantitative estimate of drug-likeness (QED) is 0.632. The molecule has 2 amide bonds. The number of nitrogens with zero attached hydrogens (tertiary/aromatic N) is 1. The van der Waals surface area contributed by atoms with Crippen LogP contribution in [-0.2, 0) is 4.74 Å². The molecular formula is C20H19N3O4S. The zero-order valence-corrected chi connectivity index (χ0v) is 16.2. The summed E-state index contributed by atoms with van der Waals surface area (Å²) in [6.45, 7) is 1.97. The number of anilines is 2. The second-order valence-electron chi connectivity index (χ2n) is 5.59. The van der Waals surface area contributed by atoms with Crippen LogP contribution in [0.5, 0.6) is 5.75 Å². The van der Waals surface area contributed by atoms with E-state index in [0.29, 0.717) is 27.1 Å². The Bertz CT molecular complexity index is 973. The number of thiazole rings is 1. The molecule has 0 bridgehead atoms. The number of ether oxygens (including phenoxy) is 2. The molecule has 28 heavy (non-hydrogen) atoms. The topological polar surface area (TPSA) is 89.5 Å². The van der Waals surface area contributed by atoms with E-state index in [9.17, 15) is 9.59 Å². The SMILES string of the molecule is CCOC(=O)Nc1nc(-c2ccccc2)c(NC(=O)c2cccc(OC)c2)s1. The molecule has 0 atom stereocenters. The van der Waals surface area contributed by atoms with Crippen LogP contribution in [-0.4, -0.2) is 30.7 Å². The van der Waals surface area contributed by atoms with Gasteiger partial charge < -0.3 is 14.8 Å². The molecule has 0 aliphatic rings. The molecule has 8 heteroatoms. The van der Waals surface area contributed by atoms with E-state index in [4.69, 9.17) is 9.47 Å². The fraction of sp³-hybridized carbons (Fsp3) is 0.150. The van der Waals surface area contributed by atoms with E-state index in [1.807, 2.05) is 30.3 Å². The fourth-order valence-corrected chi connectivity index (χ4v) is 3.31. The van der Waals surface area contributed by atoms with E-state index in [-0.39, 0.29) is 12.5 Å². The molecule has 0 aliphatic heterocycles. The first-order valence-corrected chi connectivity index (χ1v) is 9.37. The van der Waals surface area contributed by atoms with Gasteiger partial charge in [0.1, 0.15) is 16.4 Å². The van der Waals surface area contributed by atoms with Crippen molar-refractivity contribution in [3.05, 3.63) is 60.2 Å². The van der Waals surface area contributed by atoms with E-state index in [1.54, 1.807) is 38.3 Å². The predicted octanol–water partition coefficient (Wildman–Crippen LogP) is 4.64. The maximum absolute atomic E-state index is 12.7. The van der Waals surface area contributed by atoms with Crippen LogP contribution < -0.4 is 15.4 Å². The molecule has 0 radical (unpaired) electrons. The molecule has 2 aromatic carbocycles. The molecule has 7 nitrogen and oxygen atoms in total. The fourth-order valence-electron chi connectivity index (χ4n) is 2.44. The van der Waals surface area contributed by atoms with Crippen LogP contribution in [0.3, 0.4) is 0 Å². The Kier molecular flexibility index (Phi) is 6.23. The Balaban J connectivity index is 1.90. The molecule has 1 aromatic heterocycles. The van der Waals surface area contributed by atoms with E-state index in [2.05, 4.69) is 15.6 Å². The molecule has 0 saturated carbocycles. The standard InChI is InChI=1S/C20H19N3O4S/c1-3-27-20(25)23-19-21-16(13-8-5-4-6-9-13)18(28-19)22-17(24)14-10-7-11-15(12-14)26-2/h4-12H,3H2,1-2H3,(H,22,24)(H,21,23,25). The molecule has 1 heterocycles. The Labute approximate surface area is 166 Å². The number of nitrogens with one attached hydrogen (secondary N) is 2. The monoisotopic (exact) mass is 397 g/mol. The van der Waals surface area contributed by atoms with Crippen molar-refractivity contribution in [2.75, 3.05) is 24.4 Å². The first-order chi connectivity index (χ1) is 13.6. The smallest absolute Gasteiger partial charge is 0.413 e. The van der Waals surface area contributed by atoms with Crippen LogP contribution >= 0.6 is 11.3 Å². The van der Waals surface area contributed by atoms with Crippen LogP contribution in [0.15, 0.2) is 54.6 Å². The summed E-state index contributed by atoms with van der Waals surface area (Å²) in [5.74, 6) is 0.285. The summed E-state index contributed by atoms with van der Waals surface area (Å²) in [4.78, 5) is 28.9. The minimum absolute atomic E-state index is 0.252. The Morgan fingerprint density at radius 2 is 1.86 bits per heavy atom. The third kappa shape index (κ3) is 4.66. The minimum atomic E-state index is -0.596. The van der Waals surface area contributed by atoms with Crippen molar-refractivity contribution in [3.63, 3.8) is 0 Å². The average Bonchev–Trinajstić information content (AvgIpc) is 3.10. The van der Waals surface area contributed by atoms with E-state index < -0.39 is 6.09 Å². The summed E-state index contributed by atoms with van der Waals surface area (Å²) < 4.78 is 10.1. The van der Waals surface area contributed by atoms with Crippen molar-refractivity contribution in [1.82, 2.24) is 4.98 Å². The molecule has 3 rings (SSSR count). The largest absolute Gasteiger partial charge is 0.497 e. The lowest BCUT2D eigenvalue weighted by Gasteiger charge is -2.06. The average molecular weight is 397 g/mol. The Morgan fingerprint density at radius 3 is 2.57 bits per heavy atom. The summed E-state index contributed by atoms with van der Waals surface area (Å²) in [5, 5.41) is 6.30. The molecule has 0 spiro atoms. The van der Waals surface area contributed by atoms with Crippen molar-refractivity contribution in [1.29, 1.82) is 0 Å². The number of hydrogen-bond donors (Lipinski definition) is 2. The number of carbonyl (C=O) groups is 2. The molecular weight excluding hydrogens is 378 g/mol. The van der Waals surface area contributed by atoms with Gasteiger partial charge in [0.25, 0.3) is 5.91 Å². The van der Waals surface area contributed by atoms with Gasteiger partial charge in [-0.3, -0.25) is 10.1 Å². The third-order valence-corrected chi connectivity index (χ3v) is 4.60. The molecule has 0 unspecified atom stereocenters. The van der Waals surface area contributed by atoms with Crippen LogP contribution in [0.4, 0.5) is 14.9 Å². The molecule has 0 fully saturated rings. The molecule has 144 valence electrons. The Hall–Kier alpha value is -3.39. The maximum atomic E-state index is 12.7. The van der Waals surface area contributed by atoms with E-state index >= 15 is 0 Å². The van der Waals surface area contributed by atoms with Crippen LogP contribution in [0, 0.1) is 0 Å². The summed E-state index contributed by atoms with van der Waals surface area (Å²) in [6, 6.07) is 16.3. The number of hydrogen-bond acceptors (Lipinski definition) is 6. The van der Waals surface area contributed by atoms with Crippen molar-refractivity contribution in [2.24, 2.45) is 0 Å². The van der Waals surface area contributed by atoms with Crippen molar-refractivity contribution >= 4 is 33.5 Å². The van der Waals surface area contributed by atoms with Crippen LogP contribution in [0.2, 0.25) is 0 Å².